The Bertz CT molecular complexity index is 1380. The van der Waals surface area contributed by atoms with E-state index in [0.717, 1.165) is 70.7 Å². The van der Waals surface area contributed by atoms with E-state index in [1.165, 1.54) is 0 Å². The summed E-state index contributed by atoms with van der Waals surface area (Å²) in [6.45, 7) is 6.41. The SMILES string of the molecule is CC.Cc1oc(/C2=C/CC=C/C=C\C2)nc1CCOc1cc2c(c(-c3ccc(Cl)cc3)c1)C(CC(=O)O)CC2. The molecule has 0 saturated heterocycles. The monoisotopic (exact) mass is 545 g/mol. The van der Waals surface area contributed by atoms with Crippen LogP contribution in [0.25, 0.3) is 16.7 Å². The number of nitrogens with zero attached hydrogens (tertiary/aromatic N) is 1. The third kappa shape index (κ3) is 7.10. The Kier molecular flexibility index (Phi) is 9.83. The number of aromatic nitrogens is 1. The number of ether oxygens (including phenoxy) is 1. The molecule has 204 valence electrons. The zero-order valence-corrected chi connectivity index (χ0v) is 23.6. The third-order valence-electron chi connectivity index (χ3n) is 6.98. The van der Waals surface area contributed by atoms with Crippen molar-refractivity contribution < 1.29 is 19.1 Å². The van der Waals surface area contributed by atoms with E-state index >= 15 is 0 Å². The van der Waals surface area contributed by atoms with Crippen LogP contribution in [0, 0.1) is 6.92 Å². The first-order valence-corrected chi connectivity index (χ1v) is 14.1. The van der Waals surface area contributed by atoms with Gasteiger partial charge in [0.1, 0.15) is 11.5 Å². The summed E-state index contributed by atoms with van der Waals surface area (Å²) in [6.07, 6.45) is 14.6. The van der Waals surface area contributed by atoms with Crippen molar-refractivity contribution in [3.8, 4) is 16.9 Å². The highest BCUT2D eigenvalue weighted by molar-refractivity contribution is 6.30. The van der Waals surface area contributed by atoms with Crippen molar-refractivity contribution in [1.82, 2.24) is 4.98 Å². The molecule has 0 fully saturated rings. The smallest absolute Gasteiger partial charge is 0.303 e. The molecule has 0 bridgehead atoms. The van der Waals surface area contributed by atoms with Gasteiger partial charge in [0, 0.05) is 17.0 Å². The number of allylic oxidation sites excluding steroid dienone is 6. The zero-order valence-electron chi connectivity index (χ0n) is 22.9. The van der Waals surface area contributed by atoms with Gasteiger partial charge in [-0.3, -0.25) is 4.79 Å². The Balaban J connectivity index is 0.00000172. The molecule has 3 aromatic rings. The molecule has 1 unspecified atom stereocenters. The first-order valence-electron chi connectivity index (χ1n) is 13.7. The molecule has 5 rings (SSSR count). The van der Waals surface area contributed by atoms with Gasteiger partial charge in [-0.1, -0.05) is 68.0 Å². The maximum Gasteiger partial charge on any atom is 0.303 e. The van der Waals surface area contributed by atoms with Gasteiger partial charge in [-0.2, -0.15) is 0 Å². The fourth-order valence-electron chi connectivity index (χ4n) is 5.18. The van der Waals surface area contributed by atoms with E-state index in [2.05, 4.69) is 36.4 Å². The normalized spacial score (nSPS) is 18.2. The standard InChI is InChI=1S/C31H30ClNO4.C2H6/c1-20-28(33-31(37-20)22-7-5-3-2-4-6-8-22)15-16-36-26-17-23-9-10-24(18-29(34)35)30(23)27(19-26)21-11-13-25(32)14-12-21;1-2/h2-5,8,11-14,17,19,24H,6-7,9-10,15-16,18H2,1H3,(H,34,35);1-2H3/b4-2?,5-3-,22-8+;. The molecule has 0 radical (unpaired) electrons. The molecule has 1 atom stereocenters. The fraction of sp³-hybridized carbons (Fsp3) is 0.333. The number of hydrogen-bond donors (Lipinski definition) is 1. The maximum absolute atomic E-state index is 11.5. The number of hydrogen-bond acceptors (Lipinski definition) is 4. The molecule has 2 aromatic carbocycles. The number of oxazole rings is 1. The van der Waals surface area contributed by atoms with E-state index in [1.54, 1.807) is 0 Å². The topological polar surface area (TPSA) is 72.6 Å². The molecular formula is C33H36ClNO4. The summed E-state index contributed by atoms with van der Waals surface area (Å²) in [7, 11) is 0. The van der Waals surface area contributed by atoms with Crippen molar-refractivity contribution in [1.29, 1.82) is 0 Å². The second kappa shape index (κ2) is 13.5. The van der Waals surface area contributed by atoms with E-state index in [1.807, 2.05) is 51.1 Å². The molecule has 0 spiro atoms. The zero-order chi connectivity index (χ0) is 27.8. The van der Waals surface area contributed by atoms with Crippen LogP contribution >= 0.6 is 11.6 Å². The summed E-state index contributed by atoms with van der Waals surface area (Å²) in [6, 6.07) is 11.8. The number of carbonyl (C=O) groups is 1. The highest BCUT2D eigenvalue weighted by atomic mass is 35.5. The quantitative estimate of drug-likeness (QED) is 0.306. The lowest BCUT2D eigenvalue weighted by atomic mass is 9.89. The number of carboxylic acids is 1. The van der Waals surface area contributed by atoms with Gasteiger partial charge in [0.2, 0.25) is 5.89 Å². The first-order chi connectivity index (χ1) is 19.0. The van der Waals surface area contributed by atoms with Gasteiger partial charge >= 0.3 is 5.97 Å². The molecule has 1 heterocycles. The average Bonchev–Trinajstić information content (AvgIpc) is 3.48. The van der Waals surface area contributed by atoms with Crippen LogP contribution in [0.2, 0.25) is 5.02 Å². The van der Waals surface area contributed by atoms with Gasteiger partial charge in [0.15, 0.2) is 0 Å². The molecule has 2 aliphatic carbocycles. The number of aryl methyl sites for hydroxylation is 2. The van der Waals surface area contributed by atoms with Crippen molar-refractivity contribution in [2.45, 2.75) is 65.2 Å². The van der Waals surface area contributed by atoms with Crippen LogP contribution in [0.5, 0.6) is 5.75 Å². The molecular weight excluding hydrogens is 510 g/mol. The van der Waals surface area contributed by atoms with Gasteiger partial charge in [-0.25, -0.2) is 4.98 Å². The number of fused-ring (bicyclic) bond motifs is 1. The maximum atomic E-state index is 11.5. The van der Waals surface area contributed by atoms with Gasteiger partial charge < -0.3 is 14.3 Å². The summed E-state index contributed by atoms with van der Waals surface area (Å²) >= 11 is 6.13. The van der Waals surface area contributed by atoms with E-state index in [4.69, 9.17) is 25.7 Å². The van der Waals surface area contributed by atoms with E-state index < -0.39 is 5.97 Å². The number of aliphatic carboxylic acids is 1. The molecule has 0 amide bonds. The number of carboxylic acid groups (broad SMARTS) is 1. The van der Waals surface area contributed by atoms with Gasteiger partial charge in [0.25, 0.3) is 0 Å². The van der Waals surface area contributed by atoms with Crippen molar-refractivity contribution in [2.75, 3.05) is 6.61 Å². The van der Waals surface area contributed by atoms with Gasteiger partial charge in [0.05, 0.1) is 18.7 Å². The highest BCUT2D eigenvalue weighted by Crippen LogP contribution is 2.44. The molecule has 0 aliphatic heterocycles. The Morgan fingerprint density at radius 1 is 1.15 bits per heavy atom. The van der Waals surface area contributed by atoms with Crippen LogP contribution in [0.15, 0.2) is 71.2 Å². The van der Waals surface area contributed by atoms with Gasteiger partial charge in [-0.05, 0) is 85.0 Å². The number of benzene rings is 2. The lowest BCUT2D eigenvalue weighted by Crippen LogP contribution is -2.06. The van der Waals surface area contributed by atoms with E-state index in [0.29, 0.717) is 23.9 Å². The fourth-order valence-corrected chi connectivity index (χ4v) is 5.30. The molecule has 0 saturated carbocycles. The molecule has 5 nitrogen and oxygen atoms in total. The van der Waals surface area contributed by atoms with Crippen molar-refractivity contribution >= 4 is 23.1 Å². The van der Waals surface area contributed by atoms with Crippen LogP contribution in [-0.4, -0.2) is 22.7 Å². The van der Waals surface area contributed by atoms with Crippen LogP contribution in [0.3, 0.4) is 0 Å². The predicted molar refractivity (Wildman–Crippen MR) is 157 cm³/mol. The summed E-state index contributed by atoms with van der Waals surface area (Å²) in [5, 5.41) is 10.1. The van der Waals surface area contributed by atoms with Crippen molar-refractivity contribution in [3.63, 3.8) is 0 Å². The van der Waals surface area contributed by atoms with Crippen molar-refractivity contribution in [2.24, 2.45) is 0 Å². The van der Waals surface area contributed by atoms with E-state index in [9.17, 15) is 9.90 Å². The van der Waals surface area contributed by atoms with E-state index in [-0.39, 0.29) is 12.3 Å². The Morgan fingerprint density at radius 2 is 1.92 bits per heavy atom. The molecule has 6 heteroatoms. The molecule has 1 N–H and O–H groups in total. The minimum Gasteiger partial charge on any atom is -0.493 e. The summed E-state index contributed by atoms with van der Waals surface area (Å²) in [5.74, 6) is 1.50. The number of rotatable bonds is 8. The average molecular weight is 546 g/mol. The molecule has 1 aromatic heterocycles. The highest BCUT2D eigenvalue weighted by Gasteiger charge is 2.29. The lowest BCUT2D eigenvalue weighted by Gasteiger charge is -2.17. The van der Waals surface area contributed by atoms with Crippen LogP contribution < -0.4 is 4.74 Å². The Hall–Kier alpha value is -3.57. The second-order valence-corrected chi connectivity index (χ2v) is 9.97. The number of halogens is 1. The lowest BCUT2D eigenvalue weighted by molar-refractivity contribution is -0.137. The predicted octanol–water partition coefficient (Wildman–Crippen LogP) is 8.75. The Labute approximate surface area is 235 Å². The van der Waals surface area contributed by atoms with Gasteiger partial charge in [-0.15, -0.1) is 0 Å². The summed E-state index contributed by atoms with van der Waals surface area (Å²) < 4.78 is 12.2. The second-order valence-electron chi connectivity index (χ2n) is 9.53. The Morgan fingerprint density at radius 3 is 2.69 bits per heavy atom. The summed E-state index contributed by atoms with van der Waals surface area (Å²) in [4.78, 5) is 16.3. The minimum absolute atomic E-state index is 0.00338. The third-order valence-corrected chi connectivity index (χ3v) is 7.23. The first kappa shape index (κ1) is 28.4. The summed E-state index contributed by atoms with van der Waals surface area (Å²) in [5.41, 5.74) is 6.30. The molecule has 2 aliphatic rings. The van der Waals surface area contributed by atoms with Crippen LogP contribution in [-0.2, 0) is 17.6 Å². The van der Waals surface area contributed by atoms with Crippen LogP contribution in [0.4, 0.5) is 0 Å². The van der Waals surface area contributed by atoms with Crippen LogP contribution in [0.1, 0.15) is 73.9 Å². The molecule has 39 heavy (non-hydrogen) atoms. The minimum atomic E-state index is -0.773. The van der Waals surface area contributed by atoms with Crippen molar-refractivity contribution in [3.05, 3.63) is 100 Å². The largest absolute Gasteiger partial charge is 0.493 e.